The van der Waals surface area contributed by atoms with Gasteiger partial charge < -0.3 is 9.47 Å². The topological polar surface area (TPSA) is 70.4 Å². The summed E-state index contributed by atoms with van der Waals surface area (Å²) in [6.07, 6.45) is 3.17. The molecule has 0 spiro atoms. The van der Waals surface area contributed by atoms with E-state index >= 15 is 0 Å². The first-order valence-corrected chi connectivity index (χ1v) is 11.1. The Hall–Kier alpha value is -3.03. The van der Waals surface area contributed by atoms with E-state index in [4.69, 9.17) is 21.1 Å². The highest BCUT2D eigenvalue weighted by atomic mass is 35.5. The Morgan fingerprint density at radius 1 is 1.00 bits per heavy atom. The second kappa shape index (κ2) is 8.01. The zero-order valence-corrected chi connectivity index (χ0v) is 17.9. The van der Waals surface area contributed by atoms with Crippen LogP contribution in [0.25, 0.3) is 22.2 Å². The van der Waals surface area contributed by atoms with Crippen LogP contribution >= 0.6 is 11.6 Å². The quantitative estimate of drug-likeness (QED) is 0.431. The summed E-state index contributed by atoms with van der Waals surface area (Å²) in [5.74, 6) is 0.956. The average molecular weight is 443 g/mol. The van der Waals surface area contributed by atoms with Gasteiger partial charge in [-0.05, 0) is 47.5 Å². The second-order valence-corrected chi connectivity index (χ2v) is 8.95. The Balaban J connectivity index is 1.85. The number of hydrogen-bond donors (Lipinski definition) is 0. The van der Waals surface area contributed by atoms with Crippen molar-refractivity contribution in [1.29, 1.82) is 0 Å². The van der Waals surface area contributed by atoms with Crippen molar-refractivity contribution in [2.75, 3.05) is 14.2 Å². The summed E-state index contributed by atoms with van der Waals surface area (Å²) in [4.78, 5) is 4.33. The smallest absolute Gasteiger partial charge is 0.244 e. The van der Waals surface area contributed by atoms with E-state index in [9.17, 15) is 8.42 Å². The van der Waals surface area contributed by atoms with Crippen LogP contribution in [0.3, 0.4) is 0 Å². The minimum atomic E-state index is -3.73. The average Bonchev–Trinajstić information content (AvgIpc) is 3.13. The number of pyridine rings is 1. The Bertz CT molecular complexity index is 1330. The van der Waals surface area contributed by atoms with Crippen molar-refractivity contribution >= 4 is 32.7 Å². The first-order valence-electron chi connectivity index (χ1n) is 9.09. The van der Waals surface area contributed by atoms with Crippen molar-refractivity contribution < 1.29 is 17.9 Å². The fourth-order valence-electron chi connectivity index (χ4n) is 3.38. The Labute approximate surface area is 179 Å². The molecular weight excluding hydrogens is 424 g/mol. The van der Waals surface area contributed by atoms with Gasteiger partial charge in [-0.1, -0.05) is 29.8 Å². The van der Waals surface area contributed by atoms with E-state index < -0.39 is 10.0 Å². The number of benzene rings is 2. The third-order valence-electron chi connectivity index (χ3n) is 4.76. The molecule has 0 N–H and O–H groups in total. The molecular formula is C22H19ClN2O4S. The highest BCUT2D eigenvalue weighted by Crippen LogP contribution is 2.36. The summed E-state index contributed by atoms with van der Waals surface area (Å²) in [5, 5.41) is 1.21. The summed E-state index contributed by atoms with van der Waals surface area (Å²) in [5.41, 5.74) is 2.49. The molecule has 6 nitrogen and oxygen atoms in total. The Kier molecular flexibility index (Phi) is 5.40. The zero-order chi connectivity index (χ0) is 21.3. The molecule has 8 heteroatoms. The molecule has 2 heterocycles. The largest absolute Gasteiger partial charge is 0.493 e. The van der Waals surface area contributed by atoms with Gasteiger partial charge in [-0.3, -0.25) is 0 Å². The molecule has 0 atom stereocenters. The summed E-state index contributed by atoms with van der Waals surface area (Å²) in [6.45, 7) is 0. The van der Waals surface area contributed by atoms with Crippen LogP contribution in [0.1, 0.15) is 5.56 Å². The van der Waals surface area contributed by atoms with Gasteiger partial charge >= 0.3 is 0 Å². The molecule has 0 aliphatic carbocycles. The van der Waals surface area contributed by atoms with Gasteiger partial charge in [0.15, 0.2) is 17.1 Å². The maximum atomic E-state index is 13.2. The summed E-state index contributed by atoms with van der Waals surface area (Å²) < 4.78 is 38.4. The number of methoxy groups -OCH3 is 2. The van der Waals surface area contributed by atoms with Crippen LogP contribution in [0.5, 0.6) is 11.5 Å². The maximum Gasteiger partial charge on any atom is 0.244 e. The van der Waals surface area contributed by atoms with E-state index in [0.717, 1.165) is 16.5 Å². The predicted molar refractivity (Wildman–Crippen MR) is 118 cm³/mol. The molecule has 154 valence electrons. The lowest BCUT2D eigenvalue weighted by molar-refractivity contribution is 0.355. The number of nitrogens with zero attached hydrogens (tertiary/aromatic N) is 2. The molecule has 0 aliphatic heterocycles. The standard InChI is InChI=1S/C22H19ClN2O4S/c1-28-20-9-8-16(12-21(20)29-2)19-13-25(22-18(19)7-4-10-24-22)30(26,27)14-15-5-3-6-17(23)11-15/h3-13H,14H2,1-2H3. The van der Waals surface area contributed by atoms with Crippen LogP contribution < -0.4 is 9.47 Å². The molecule has 2 aromatic carbocycles. The zero-order valence-electron chi connectivity index (χ0n) is 16.4. The van der Waals surface area contributed by atoms with Crippen LogP contribution in [0.2, 0.25) is 5.02 Å². The van der Waals surface area contributed by atoms with Crippen LogP contribution in [0.15, 0.2) is 67.0 Å². The second-order valence-electron chi connectivity index (χ2n) is 6.67. The molecule has 0 amide bonds. The van der Waals surface area contributed by atoms with Gasteiger partial charge in [0, 0.05) is 28.4 Å². The van der Waals surface area contributed by atoms with Crippen molar-refractivity contribution in [3.63, 3.8) is 0 Å². The normalized spacial score (nSPS) is 11.6. The van der Waals surface area contributed by atoms with Gasteiger partial charge in [0.05, 0.1) is 20.0 Å². The molecule has 30 heavy (non-hydrogen) atoms. The number of ether oxygens (including phenoxy) is 2. The molecule has 4 rings (SSSR count). The fraction of sp³-hybridized carbons (Fsp3) is 0.136. The fourth-order valence-corrected chi connectivity index (χ4v) is 5.01. The van der Waals surface area contributed by atoms with Gasteiger partial charge in [0.2, 0.25) is 10.0 Å². The van der Waals surface area contributed by atoms with Gasteiger partial charge in [-0.25, -0.2) is 17.4 Å². The number of fused-ring (bicyclic) bond motifs is 1. The van der Waals surface area contributed by atoms with Crippen LogP contribution in [-0.2, 0) is 15.8 Å². The minimum Gasteiger partial charge on any atom is -0.493 e. The van der Waals surface area contributed by atoms with Crippen molar-refractivity contribution in [2.24, 2.45) is 0 Å². The third-order valence-corrected chi connectivity index (χ3v) is 6.58. The Morgan fingerprint density at radius 3 is 2.53 bits per heavy atom. The van der Waals surface area contributed by atoms with Gasteiger partial charge in [0.25, 0.3) is 0 Å². The van der Waals surface area contributed by atoms with E-state index in [1.807, 2.05) is 18.2 Å². The van der Waals surface area contributed by atoms with Gasteiger partial charge in [-0.15, -0.1) is 0 Å². The summed E-state index contributed by atoms with van der Waals surface area (Å²) >= 11 is 6.02. The molecule has 2 aromatic heterocycles. The van der Waals surface area contributed by atoms with Crippen molar-refractivity contribution in [3.8, 4) is 22.6 Å². The highest BCUT2D eigenvalue weighted by molar-refractivity contribution is 7.89. The number of aromatic nitrogens is 2. The molecule has 0 saturated carbocycles. The van der Waals surface area contributed by atoms with Gasteiger partial charge in [-0.2, -0.15) is 0 Å². The molecule has 0 aliphatic rings. The molecule has 0 saturated heterocycles. The van der Waals surface area contributed by atoms with Crippen molar-refractivity contribution in [3.05, 3.63) is 77.6 Å². The first-order chi connectivity index (χ1) is 14.4. The SMILES string of the molecule is COc1ccc(-c2cn(S(=O)(=O)Cc3cccc(Cl)c3)c3ncccc23)cc1OC. The maximum absolute atomic E-state index is 13.2. The monoisotopic (exact) mass is 442 g/mol. The first kappa shape index (κ1) is 20.3. The molecule has 4 aromatic rings. The van der Waals surface area contributed by atoms with Crippen LogP contribution in [0, 0.1) is 0 Å². The van der Waals surface area contributed by atoms with Crippen molar-refractivity contribution in [2.45, 2.75) is 5.75 Å². The van der Waals surface area contributed by atoms with E-state index in [-0.39, 0.29) is 5.75 Å². The van der Waals surface area contributed by atoms with Crippen LogP contribution in [-0.4, -0.2) is 31.6 Å². The van der Waals surface area contributed by atoms with Crippen LogP contribution in [0.4, 0.5) is 0 Å². The van der Waals surface area contributed by atoms with Gasteiger partial charge in [0.1, 0.15) is 0 Å². The van der Waals surface area contributed by atoms with E-state index in [1.165, 1.54) is 3.97 Å². The number of rotatable bonds is 6. The summed E-state index contributed by atoms with van der Waals surface area (Å²) in [7, 11) is -0.610. The third kappa shape index (κ3) is 3.74. The highest BCUT2D eigenvalue weighted by Gasteiger charge is 2.22. The van der Waals surface area contributed by atoms with Crippen molar-refractivity contribution in [1.82, 2.24) is 8.96 Å². The lowest BCUT2D eigenvalue weighted by Gasteiger charge is -2.09. The molecule has 0 bridgehead atoms. The molecule has 0 fully saturated rings. The molecule has 0 radical (unpaired) electrons. The lowest BCUT2D eigenvalue weighted by atomic mass is 10.1. The number of hydrogen-bond acceptors (Lipinski definition) is 5. The minimum absolute atomic E-state index is 0.195. The van der Waals surface area contributed by atoms with E-state index in [1.54, 1.807) is 63.0 Å². The summed E-state index contributed by atoms with van der Waals surface area (Å²) in [6, 6.07) is 15.9. The predicted octanol–water partition coefficient (Wildman–Crippen LogP) is 4.75. The Morgan fingerprint density at radius 2 is 1.80 bits per heavy atom. The number of halogens is 1. The molecule has 0 unspecified atom stereocenters. The lowest BCUT2D eigenvalue weighted by Crippen LogP contribution is -2.14. The van der Waals surface area contributed by atoms with E-state index in [2.05, 4.69) is 4.98 Å². The van der Waals surface area contributed by atoms with E-state index in [0.29, 0.717) is 27.7 Å².